The molecule has 4 aromatic rings. The number of hydrogen-bond acceptors (Lipinski definition) is 10. The molecule has 14 heteroatoms. The molecule has 5 aliphatic rings. The Morgan fingerprint density at radius 2 is 1.71 bits per heavy atom. The molecule has 2 atom stereocenters. The van der Waals surface area contributed by atoms with Crippen LogP contribution >= 0.6 is 0 Å². The van der Waals surface area contributed by atoms with E-state index in [1.165, 1.54) is 30.2 Å². The molecule has 5 saturated heterocycles. The monoisotopic (exact) mass is 754 g/mol. The summed E-state index contributed by atoms with van der Waals surface area (Å²) >= 11 is 0. The first-order valence-electron chi connectivity index (χ1n) is 19.3. The highest BCUT2D eigenvalue weighted by Crippen LogP contribution is 2.40. The highest BCUT2D eigenvalue weighted by Gasteiger charge is 2.45. The summed E-state index contributed by atoms with van der Waals surface area (Å²) < 4.78 is 59.1. The summed E-state index contributed by atoms with van der Waals surface area (Å²) in [5.41, 5.74) is 0.256. The fourth-order valence-electron chi connectivity index (χ4n) is 9.22. The molecule has 1 amide bonds. The van der Waals surface area contributed by atoms with Gasteiger partial charge < -0.3 is 19.3 Å². The van der Waals surface area contributed by atoms with Crippen LogP contribution in [0.5, 0.6) is 6.01 Å². The second kappa shape index (κ2) is 15.7. The largest absolute Gasteiger partial charge is 0.461 e. The molecule has 2 aromatic carbocycles. The predicted molar refractivity (Wildman–Crippen MR) is 202 cm³/mol. The zero-order valence-electron chi connectivity index (χ0n) is 31.0. The molecule has 2 bridgehead atoms. The van der Waals surface area contributed by atoms with E-state index in [-0.39, 0.29) is 53.3 Å². The van der Waals surface area contributed by atoms with Crippen LogP contribution in [0.2, 0.25) is 0 Å². The number of ether oxygens (including phenoxy) is 2. The highest BCUT2D eigenvalue weighted by atomic mass is 19.1. The van der Waals surface area contributed by atoms with Crippen LogP contribution in [-0.2, 0) is 9.53 Å². The molecule has 0 aliphatic carbocycles. The summed E-state index contributed by atoms with van der Waals surface area (Å²) in [4.78, 5) is 35.3. The number of nitriles is 1. The molecule has 0 N–H and O–H groups in total. The first-order valence-corrected chi connectivity index (χ1v) is 19.3. The number of amides is 1. The third-order valence-electron chi connectivity index (χ3n) is 12.0. The van der Waals surface area contributed by atoms with E-state index in [4.69, 9.17) is 19.7 Å². The van der Waals surface area contributed by atoms with Gasteiger partial charge in [0.1, 0.15) is 29.5 Å². The van der Waals surface area contributed by atoms with Crippen LogP contribution in [0.4, 0.5) is 19.0 Å². The van der Waals surface area contributed by atoms with Crippen LogP contribution in [0.15, 0.2) is 54.5 Å². The number of pyridine rings is 1. The molecule has 0 saturated carbocycles. The molecule has 2 aromatic heterocycles. The number of aromatic nitrogens is 3. The third-order valence-corrected chi connectivity index (χ3v) is 12.0. The lowest BCUT2D eigenvalue weighted by Crippen LogP contribution is -2.49. The maximum atomic E-state index is 16.7. The van der Waals surface area contributed by atoms with E-state index in [2.05, 4.69) is 19.8 Å². The Hall–Kier alpha value is -4.84. The number of halogens is 3. The Balaban J connectivity index is 0.00000138. The van der Waals surface area contributed by atoms with Crippen molar-refractivity contribution in [2.45, 2.75) is 63.1 Å². The molecule has 2 unspecified atom stereocenters. The maximum Gasteiger partial charge on any atom is 0.319 e. The van der Waals surface area contributed by atoms with Crippen molar-refractivity contribution >= 4 is 33.4 Å². The molecule has 9 rings (SSSR count). The van der Waals surface area contributed by atoms with Gasteiger partial charge >= 0.3 is 6.01 Å². The van der Waals surface area contributed by atoms with Gasteiger partial charge in [-0.25, -0.2) is 13.2 Å². The smallest absolute Gasteiger partial charge is 0.319 e. The van der Waals surface area contributed by atoms with E-state index in [9.17, 15) is 4.79 Å². The zero-order chi connectivity index (χ0) is 38.1. The van der Waals surface area contributed by atoms with Gasteiger partial charge in [0.05, 0.1) is 30.2 Å². The minimum absolute atomic E-state index is 0.0158. The summed E-state index contributed by atoms with van der Waals surface area (Å²) in [7, 11) is 0. The molecule has 7 heterocycles. The van der Waals surface area contributed by atoms with Crippen molar-refractivity contribution in [3.05, 3.63) is 66.1 Å². The second-order valence-electron chi connectivity index (χ2n) is 15.0. The van der Waals surface area contributed by atoms with Crippen molar-refractivity contribution in [2.24, 2.45) is 0 Å². The predicted octanol–water partition coefficient (Wildman–Crippen LogP) is 6.03. The number of carbonyl (C=O) groups is 1. The number of fused-ring (bicyclic) bond motifs is 5. The van der Waals surface area contributed by atoms with Crippen molar-refractivity contribution in [1.29, 1.82) is 5.26 Å². The van der Waals surface area contributed by atoms with Gasteiger partial charge in [-0.2, -0.15) is 15.2 Å². The molecular formula is C41H45F3N8O3. The van der Waals surface area contributed by atoms with Crippen molar-refractivity contribution < 1.29 is 27.4 Å². The van der Waals surface area contributed by atoms with Gasteiger partial charge in [0, 0.05) is 68.9 Å². The van der Waals surface area contributed by atoms with Gasteiger partial charge in [0.15, 0.2) is 11.6 Å². The average Bonchev–Trinajstić information content (AvgIpc) is 3.85. The highest BCUT2D eigenvalue weighted by molar-refractivity contribution is 5.99. The lowest BCUT2D eigenvalue weighted by Gasteiger charge is -2.36. The van der Waals surface area contributed by atoms with Gasteiger partial charge in [0.25, 0.3) is 5.91 Å². The van der Waals surface area contributed by atoms with Crippen molar-refractivity contribution in [2.75, 3.05) is 70.5 Å². The molecule has 0 spiro atoms. The van der Waals surface area contributed by atoms with E-state index >= 15 is 13.2 Å². The minimum Gasteiger partial charge on any atom is -0.461 e. The molecule has 0 radical (unpaired) electrons. The molecular weight excluding hydrogens is 709 g/mol. The normalized spacial score (nSPS) is 22.4. The van der Waals surface area contributed by atoms with Crippen LogP contribution in [0.25, 0.3) is 32.9 Å². The van der Waals surface area contributed by atoms with Crippen LogP contribution in [0.3, 0.4) is 0 Å². The van der Waals surface area contributed by atoms with Crippen LogP contribution in [0, 0.1) is 23.0 Å². The Morgan fingerprint density at radius 3 is 2.42 bits per heavy atom. The van der Waals surface area contributed by atoms with E-state index < -0.39 is 23.4 Å². The summed E-state index contributed by atoms with van der Waals surface area (Å²) in [6.45, 7) is 6.77. The van der Waals surface area contributed by atoms with Crippen LogP contribution < -0.4 is 9.64 Å². The van der Waals surface area contributed by atoms with Crippen LogP contribution in [0.1, 0.15) is 45.4 Å². The third kappa shape index (κ3) is 7.09. The number of benzene rings is 2. The SMILES string of the molecule is CC#N.O=C(/C(F)=C/CN1C2CCC1COC2)N1CCN(c2nc(OCC34CCCN3CCC4)nc3c(F)c(-c4cccc5cccc(F)c45)ncc23)CC1. The van der Waals surface area contributed by atoms with Gasteiger partial charge in [-0.05, 0) is 69.1 Å². The van der Waals surface area contributed by atoms with E-state index in [1.54, 1.807) is 36.4 Å². The molecule has 5 fully saturated rings. The first kappa shape index (κ1) is 37.1. The number of rotatable bonds is 8. The van der Waals surface area contributed by atoms with Crippen molar-refractivity contribution in [3.63, 3.8) is 0 Å². The van der Waals surface area contributed by atoms with Gasteiger partial charge in [-0.15, -0.1) is 0 Å². The Kier molecular flexibility index (Phi) is 10.6. The van der Waals surface area contributed by atoms with E-state index in [0.717, 1.165) is 51.6 Å². The first-order chi connectivity index (χ1) is 26.8. The Morgan fingerprint density at radius 1 is 1.02 bits per heavy atom. The van der Waals surface area contributed by atoms with Crippen LogP contribution in [-0.4, -0.2) is 119 Å². The quantitative estimate of drug-likeness (QED) is 0.198. The number of carbonyl (C=O) groups excluding carboxylic acids is 1. The lowest BCUT2D eigenvalue weighted by molar-refractivity contribution is -0.129. The minimum atomic E-state index is -0.751. The fourth-order valence-corrected chi connectivity index (χ4v) is 9.22. The standard InChI is InChI=1S/C39H42F3N7O3.C2H3N/c40-30-8-2-6-25-5-1-7-28(32(25)30)34-33(42)35-29(21-43-34)36(45-38(44-35)52-24-39-12-3-14-48(39)15-4-13-39)46-17-19-47(20-18-46)37(50)31(41)11-16-49-26-9-10-27(49)23-51-22-26;1-2-3/h1-2,5-8,11,21,26-27H,3-4,9-10,12-20,22-24H2;1H3/b31-11-;. The lowest BCUT2D eigenvalue weighted by atomic mass is 9.95. The Bertz CT molecular complexity index is 2120. The number of hydrogen-bond donors (Lipinski definition) is 0. The number of piperazine rings is 1. The van der Waals surface area contributed by atoms with Crippen molar-refractivity contribution in [1.82, 2.24) is 29.7 Å². The van der Waals surface area contributed by atoms with Gasteiger partial charge in [0.2, 0.25) is 0 Å². The van der Waals surface area contributed by atoms with E-state index in [0.29, 0.717) is 61.6 Å². The van der Waals surface area contributed by atoms with E-state index in [1.807, 2.05) is 4.90 Å². The average molecular weight is 755 g/mol. The van der Waals surface area contributed by atoms with Gasteiger partial charge in [-0.3, -0.25) is 19.6 Å². The maximum absolute atomic E-state index is 16.7. The summed E-state index contributed by atoms with van der Waals surface area (Å²) in [5.74, 6) is -2.12. The fraction of sp³-hybridized carbons (Fsp3) is 0.488. The summed E-state index contributed by atoms with van der Waals surface area (Å²) in [6.07, 6.45) is 9.24. The zero-order valence-corrected chi connectivity index (χ0v) is 31.0. The molecule has 5 aliphatic heterocycles. The number of anilines is 1. The Labute approximate surface area is 318 Å². The topological polar surface area (TPSA) is 111 Å². The number of morpholine rings is 1. The van der Waals surface area contributed by atoms with Gasteiger partial charge in [-0.1, -0.05) is 30.3 Å². The number of nitrogens with zero attached hydrogens (tertiary/aromatic N) is 8. The van der Waals surface area contributed by atoms with Crippen molar-refractivity contribution in [3.8, 4) is 23.3 Å². The summed E-state index contributed by atoms with van der Waals surface area (Å²) in [5, 5.41) is 8.61. The summed E-state index contributed by atoms with van der Waals surface area (Å²) in [6, 6.07) is 12.3. The molecule has 11 nitrogen and oxygen atoms in total. The second-order valence-corrected chi connectivity index (χ2v) is 15.0. The molecule has 55 heavy (non-hydrogen) atoms. The molecule has 288 valence electrons.